The second-order valence-corrected chi connectivity index (χ2v) is 7.14. The molecular weight excluding hydrogens is 300 g/mol. The lowest BCUT2D eigenvalue weighted by atomic mass is 10.0. The number of ether oxygens (including phenoxy) is 1. The number of guanidine groups is 1. The molecule has 24 heavy (non-hydrogen) atoms. The van der Waals surface area contributed by atoms with Gasteiger partial charge in [0.2, 0.25) is 0 Å². The zero-order chi connectivity index (χ0) is 16.8. The molecule has 0 spiro atoms. The summed E-state index contributed by atoms with van der Waals surface area (Å²) in [5, 5.41) is 6.90. The van der Waals surface area contributed by atoms with Gasteiger partial charge >= 0.3 is 0 Å². The van der Waals surface area contributed by atoms with E-state index in [9.17, 15) is 0 Å². The van der Waals surface area contributed by atoms with Crippen LogP contribution >= 0.6 is 0 Å². The van der Waals surface area contributed by atoms with Crippen molar-refractivity contribution in [2.45, 2.75) is 31.8 Å². The number of anilines is 1. The van der Waals surface area contributed by atoms with Crippen LogP contribution in [0.2, 0.25) is 0 Å². The van der Waals surface area contributed by atoms with Crippen LogP contribution in [0.15, 0.2) is 35.3 Å². The molecular formula is C19H30N4O. The van der Waals surface area contributed by atoms with Crippen molar-refractivity contribution in [3.8, 4) is 0 Å². The van der Waals surface area contributed by atoms with Crippen LogP contribution < -0.4 is 15.5 Å². The van der Waals surface area contributed by atoms with Gasteiger partial charge in [0.05, 0.1) is 5.60 Å². The highest BCUT2D eigenvalue weighted by molar-refractivity contribution is 5.79. The van der Waals surface area contributed by atoms with Crippen LogP contribution in [-0.4, -0.2) is 51.4 Å². The first-order valence-electron chi connectivity index (χ1n) is 9.07. The third-order valence-electron chi connectivity index (χ3n) is 5.12. The van der Waals surface area contributed by atoms with Crippen molar-refractivity contribution in [2.75, 3.05) is 44.7 Å². The lowest BCUT2D eigenvalue weighted by Gasteiger charge is -2.25. The van der Waals surface area contributed by atoms with Crippen molar-refractivity contribution < 1.29 is 4.74 Å². The monoisotopic (exact) mass is 330 g/mol. The smallest absolute Gasteiger partial charge is 0.191 e. The number of nitrogens with one attached hydrogen (secondary N) is 2. The summed E-state index contributed by atoms with van der Waals surface area (Å²) in [7, 11) is 1.83. The molecule has 2 heterocycles. The Hall–Kier alpha value is -1.75. The van der Waals surface area contributed by atoms with E-state index in [4.69, 9.17) is 4.74 Å². The van der Waals surface area contributed by atoms with Crippen molar-refractivity contribution in [1.82, 2.24) is 10.6 Å². The number of benzene rings is 1. The maximum atomic E-state index is 5.82. The number of rotatable bonds is 5. The minimum absolute atomic E-state index is 0.0465. The minimum Gasteiger partial charge on any atom is -0.373 e. The molecule has 1 aromatic rings. The van der Waals surface area contributed by atoms with Crippen LogP contribution in [0.3, 0.4) is 0 Å². The fourth-order valence-corrected chi connectivity index (χ4v) is 3.58. The maximum absolute atomic E-state index is 5.82. The van der Waals surface area contributed by atoms with Crippen LogP contribution in [0.25, 0.3) is 0 Å². The molecule has 2 saturated heterocycles. The highest BCUT2D eigenvalue weighted by Gasteiger charge is 2.30. The first-order valence-corrected chi connectivity index (χ1v) is 9.07. The predicted molar refractivity (Wildman–Crippen MR) is 99.7 cm³/mol. The molecule has 2 N–H and O–H groups in total. The molecule has 3 rings (SSSR count). The molecule has 0 amide bonds. The normalized spacial score (nSPS) is 27.5. The second kappa shape index (κ2) is 7.88. The van der Waals surface area contributed by atoms with E-state index in [-0.39, 0.29) is 5.60 Å². The van der Waals surface area contributed by atoms with E-state index in [0.717, 1.165) is 51.6 Å². The van der Waals surface area contributed by atoms with E-state index in [0.29, 0.717) is 5.92 Å². The number of nitrogens with zero attached hydrogens (tertiary/aromatic N) is 2. The van der Waals surface area contributed by atoms with Crippen molar-refractivity contribution in [3.05, 3.63) is 30.3 Å². The van der Waals surface area contributed by atoms with Gasteiger partial charge in [0, 0.05) is 45.5 Å². The first kappa shape index (κ1) is 17.1. The molecule has 132 valence electrons. The molecule has 0 radical (unpaired) electrons. The van der Waals surface area contributed by atoms with Gasteiger partial charge < -0.3 is 20.3 Å². The number of para-hydroxylation sites is 1. The Morgan fingerprint density at radius 3 is 2.88 bits per heavy atom. The third kappa shape index (κ3) is 4.41. The number of hydrogen-bond donors (Lipinski definition) is 2. The largest absolute Gasteiger partial charge is 0.373 e. The average Bonchev–Trinajstić information content (AvgIpc) is 3.26. The summed E-state index contributed by atoms with van der Waals surface area (Å²) in [5.74, 6) is 1.53. The Morgan fingerprint density at radius 1 is 1.33 bits per heavy atom. The summed E-state index contributed by atoms with van der Waals surface area (Å²) in [6.07, 6.45) is 3.49. The SMILES string of the molecule is CN=C(NCC1CCN(c2ccccc2)C1)NCC1(C)CCCO1. The molecule has 2 aliphatic rings. The molecule has 2 atom stereocenters. The Balaban J connectivity index is 1.41. The summed E-state index contributed by atoms with van der Waals surface area (Å²) in [6.45, 7) is 7.06. The van der Waals surface area contributed by atoms with Gasteiger partial charge in [0.1, 0.15) is 0 Å². The van der Waals surface area contributed by atoms with Gasteiger partial charge in [-0.1, -0.05) is 18.2 Å². The molecule has 2 unspecified atom stereocenters. The van der Waals surface area contributed by atoms with Gasteiger partial charge in [-0.05, 0) is 44.2 Å². The summed E-state index contributed by atoms with van der Waals surface area (Å²) in [5.41, 5.74) is 1.28. The van der Waals surface area contributed by atoms with E-state index in [1.807, 2.05) is 7.05 Å². The summed E-state index contributed by atoms with van der Waals surface area (Å²) in [6, 6.07) is 10.7. The third-order valence-corrected chi connectivity index (χ3v) is 5.12. The molecule has 2 aliphatic heterocycles. The van der Waals surface area contributed by atoms with E-state index >= 15 is 0 Å². The van der Waals surface area contributed by atoms with E-state index < -0.39 is 0 Å². The Labute approximate surface area is 145 Å². The van der Waals surface area contributed by atoms with E-state index in [1.165, 1.54) is 12.1 Å². The van der Waals surface area contributed by atoms with Crippen molar-refractivity contribution in [1.29, 1.82) is 0 Å². The van der Waals surface area contributed by atoms with Gasteiger partial charge in [-0.3, -0.25) is 4.99 Å². The topological polar surface area (TPSA) is 48.9 Å². The van der Waals surface area contributed by atoms with Gasteiger partial charge in [-0.25, -0.2) is 0 Å². The van der Waals surface area contributed by atoms with Crippen molar-refractivity contribution in [3.63, 3.8) is 0 Å². The number of hydrogen-bond acceptors (Lipinski definition) is 3. The fourth-order valence-electron chi connectivity index (χ4n) is 3.58. The molecule has 1 aromatic carbocycles. The van der Waals surface area contributed by atoms with Crippen LogP contribution in [0.5, 0.6) is 0 Å². The van der Waals surface area contributed by atoms with Crippen LogP contribution in [-0.2, 0) is 4.74 Å². The molecule has 2 fully saturated rings. The average molecular weight is 330 g/mol. The van der Waals surface area contributed by atoms with Gasteiger partial charge in [-0.2, -0.15) is 0 Å². The summed E-state index contributed by atoms with van der Waals surface area (Å²) >= 11 is 0. The number of aliphatic imine (C=N–C) groups is 1. The maximum Gasteiger partial charge on any atom is 0.191 e. The first-order chi connectivity index (χ1) is 11.7. The molecule has 0 saturated carbocycles. The predicted octanol–water partition coefficient (Wildman–Crippen LogP) is 2.25. The van der Waals surface area contributed by atoms with Crippen molar-refractivity contribution >= 4 is 11.6 Å². The van der Waals surface area contributed by atoms with Gasteiger partial charge in [-0.15, -0.1) is 0 Å². The highest BCUT2D eigenvalue weighted by Crippen LogP contribution is 2.24. The minimum atomic E-state index is -0.0465. The Bertz CT molecular complexity index is 540. The van der Waals surface area contributed by atoms with Crippen molar-refractivity contribution in [2.24, 2.45) is 10.9 Å². The van der Waals surface area contributed by atoms with Crippen LogP contribution in [0, 0.1) is 5.92 Å². The standard InChI is InChI=1S/C19H30N4O/c1-19(10-6-12-24-19)15-22-18(20-2)21-13-16-9-11-23(14-16)17-7-4-3-5-8-17/h3-5,7-8,16H,6,9-15H2,1-2H3,(H2,20,21,22). The Kier molecular flexibility index (Phi) is 5.61. The summed E-state index contributed by atoms with van der Waals surface area (Å²) < 4.78 is 5.82. The summed E-state index contributed by atoms with van der Waals surface area (Å²) in [4.78, 5) is 6.81. The van der Waals surface area contributed by atoms with Crippen LogP contribution in [0.1, 0.15) is 26.2 Å². The Morgan fingerprint density at radius 2 is 2.17 bits per heavy atom. The van der Waals surface area contributed by atoms with E-state index in [1.54, 1.807) is 0 Å². The molecule has 0 aliphatic carbocycles. The van der Waals surface area contributed by atoms with E-state index in [2.05, 4.69) is 57.8 Å². The lowest BCUT2D eigenvalue weighted by Crippen LogP contribution is -2.46. The van der Waals surface area contributed by atoms with Gasteiger partial charge in [0.25, 0.3) is 0 Å². The molecule has 0 aromatic heterocycles. The quantitative estimate of drug-likeness (QED) is 0.642. The zero-order valence-corrected chi connectivity index (χ0v) is 14.9. The molecule has 0 bridgehead atoms. The second-order valence-electron chi connectivity index (χ2n) is 7.14. The highest BCUT2D eigenvalue weighted by atomic mass is 16.5. The fraction of sp³-hybridized carbons (Fsp3) is 0.632. The molecule has 5 heteroatoms. The molecule has 5 nitrogen and oxygen atoms in total. The van der Waals surface area contributed by atoms with Crippen LogP contribution in [0.4, 0.5) is 5.69 Å². The lowest BCUT2D eigenvalue weighted by molar-refractivity contribution is 0.0243. The van der Waals surface area contributed by atoms with Gasteiger partial charge in [0.15, 0.2) is 5.96 Å². The zero-order valence-electron chi connectivity index (χ0n) is 14.9.